The SMILES string of the molecule is COC[C@]12CC[C@@](C)(O)C[C@@H]1CC[C@H]1[C@@H]3CC[C@H](C(=O)c4cccc(Cl)c4)[C@@]3(C)CC[C@@H]12. The van der Waals surface area contributed by atoms with Gasteiger partial charge in [-0.3, -0.25) is 4.79 Å². The third kappa shape index (κ3) is 3.49. The number of benzene rings is 1. The molecule has 0 amide bonds. The first kappa shape index (κ1) is 22.9. The van der Waals surface area contributed by atoms with Gasteiger partial charge in [-0.05, 0) is 111 Å². The van der Waals surface area contributed by atoms with Crippen LogP contribution in [0.15, 0.2) is 24.3 Å². The van der Waals surface area contributed by atoms with Crippen LogP contribution in [0.3, 0.4) is 0 Å². The van der Waals surface area contributed by atoms with Crippen molar-refractivity contribution in [3.63, 3.8) is 0 Å². The van der Waals surface area contributed by atoms with Crippen molar-refractivity contribution in [2.45, 2.75) is 77.2 Å². The van der Waals surface area contributed by atoms with Gasteiger partial charge in [0.1, 0.15) is 0 Å². The first-order chi connectivity index (χ1) is 15.2. The van der Waals surface area contributed by atoms with Crippen LogP contribution in [0.4, 0.5) is 0 Å². The van der Waals surface area contributed by atoms with E-state index in [2.05, 4.69) is 6.92 Å². The molecule has 4 aliphatic rings. The van der Waals surface area contributed by atoms with Crippen LogP contribution < -0.4 is 0 Å². The van der Waals surface area contributed by atoms with E-state index in [1.807, 2.05) is 38.3 Å². The second-order valence-electron chi connectivity index (χ2n) is 12.1. The molecule has 5 rings (SSSR count). The number of hydrogen-bond acceptors (Lipinski definition) is 3. The molecule has 1 aromatic rings. The Morgan fingerprint density at radius 1 is 1.09 bits per heavy atom. The van der Waals surface area contributed by atoms with Gasteiger partial charge >= 0.3 is 0 Å². The number of ketones is 1. The molecule has 1 N–H and O–H groups in total. The number of aliphatic hydroxyl groups is 1. The summed E-state index contributed by atoms with van der Waals surface area (Å²) in [5.41, 5.74) is 0.540. The zero-order chi connectivity index (χ0) is 22.7. The van der Waals surface area contributed by atoms with E-state index in [4.69, 9.17) is 16.3 Å². The van der Waals surface area contributed by atoms with Crippen molar-refractivity contribution in [1.82, 2.24) is 0 Å². The highest BCUT2D eigenvalue weighted by atomic mass is 35.5. The lowest BCUT2D eigenvalue weighted by Crippen LogP contribution is -2.58. The molecule has 0 unspecified atom stereocenters. The molecule has 3 nitrogen and oxygen atoms in total. The van der Waals surface area contributed by atoms with Crippen LogP contribution in [-0.2, 0) is 4.74 Å². The highest BCUT2D eigenvalue weighted by molar-refractivity contribution is 6.31. The molecule has 176 valence electrons. The van der Waals surface area contributed by atoms with Crippen LogP contribution >= 0.6 is 11.6 Å². The first-order valence-electron chi connectivity index (χ1n) is 12.7. The fourth-order valence-electron chi connectivity index (χ4n) is 9.06. The predicted octanol–water partition coefficient (Wildman–Crippen LogP) is 6.56. The van der Waals surface area contributed by atoms with Gasteiger partial charge < -0.3 is 9.84 Å². The van der Waals surface area contributed by atoms with Crippen LogP contribution in [-0.4, -0.2) is 30.2 Å². The van der Waals surface area contributed by atoms with Crippen LogP contribution in [0.25, 0.3) is 0 Å². The molecule has 0 heterocycles. The Balaban J connectivity index is 1.42. The van der Waals surface area contributed by atoms with Gasteiger partial charge in [0.2, 0.25) is 0 Å². The van der Waals surface area contributed by atoms with E-state index in [1.54, 1.807) is 0 Å². The van der Waals surface area contributed by atoms with E-state index in [-0.39, 0.29) is 16.7 Å². The van der Waals surface area contributed by atoms with Gasteiger partial charge in [0.05, 0.1) is 12.2 Å². The van der Waals surface area contributed by atoms with E-state index in [9.17, 15) is 9.90 Å². The van der Waals surface area contributed by atoms with Crippen molar-refractivity contribution in [3.8, 4) is 0 Å². The minimum atomic E-state index is -0.528. The Morgan fingerprint density at radius 2 is 1.91 bits per heavy atom. The van der Waals surface area contributed by atoms with Gasteiger partial charge in [0.25, 0.3) is 0 Å². The molecular weight excluding hydrogens is 420 g/mol. The van der Waals surface area contributed by atoms with Crippen molar-refractivity contribution >= 4 is 17.4 Å². The van der Waals surface area contributed by atoms with Gasteiger partial charge in [0.15, 0.2) is 5.78 Å². The number of fused-ring (bicyclic) bond motifs is 5. The van der Waals surface area contributed by atoms with Crippen LogP contribution in [0.5, 0.6) is 0 Å². The molecule has 1 aromatic carbocycles. The molecule has 0 aromatic heterocycles. The zero-order valence-electron chi connectivity index (χ0n) is 19.9. The molecule has 4 aliphatic carbocycles. The van der Waals surface area contributed by atoms with E-state index < -0.39 is 5.60 Å². The summed E-state index contributed by atoms with van der Waals surface area (Å²) in [5, 5.41) is 11.5. The van der Waals surface area contributed by atoms with Crippen molar-refractivity contribution in [1.29, 1.82) is 0 Å². The first-order valence-corrected chi connectivity index (χ1v) is 13.1. The molecule has 4 fully saturated rings. The van der Waals surface area contributed by atoms with Crippen LogP contribution in [0, 0.1) is 40.4 Å². The Morgan fingerprint density at radius 3 is 2.66 bits per heavy atom. The summed E-state index contributed by atoms with van der Waals surface area (Å²) in [6.07, 6.45) is 9.81. The van der Waals surface area contributed by atoms with Gasteiger partial charge in [-0.1, -0.05) is 30.7 Å². The highest BCUT2D eigenvalue weighted by Gasteiger charge is 2.63. The van der Waals surface area contributed by atoms with E-state index in [0.29, 0.717) is 34.5 Å². The maximum Gasteiger partial charge on any atom is 0.166 e. The average Bonchev–Trinajstić information content (AvgIpc) is 3.10. The fourth-order valence-corrected chi connectivity index (χ4v) is 9.25. The Kier molecular flexibility index (Phi) is 5.79. The molecule has 4 heteroatoms. The fraction of sp³-hybridized carbons (Fsp3) is 0.750. The summed E-state index contributed by atoms with van der Waals surface area (Å²) < 4.78 is 5.88. The standard InChI is InChI=1S/C28H39ClO3/c1-26(31)13-14-28(17-32-3)19(16-26)7-8-21-22-9-10-24(27(22,2)12-11-23(21)28)25(30)18-5-4-6-20(29)15-18/h4-6,15,19,21-24,31H,7-14,16-17H2,1-3H3/t19-,21-,22-,23-,24+,26+,27-,28+/m0/s1. The van der Waals surface area contributed by atoms with Crippen LogP contribution in [0.1, 0.15) is 82.0 Å². The largest absolute Gasteiger partial charge is 0.390 e. The number of halogens is 1. The van der Waals surface area contributed by atoms with Gasteiger partial charge in [-0.25, -0.2) is 0 Å². The van der Waals surface area contributed by atoms with Crippen LogP contribution in [0.2, 0.25) is 5.02 Å². The molecular formula is C28H39ClO3. The van der Waals surface area contributed by atoms with Crippen molar-refractivity contribution in [3.05, 3.63) is 34.9 Å². The number of rotatable bonds is 4. The number of carbonyl (C=O) groups excluding carboxylic acids is 1. The summed E-state index contributed by atoms with van der Waals surface area (Å²) in [5.74, 6) is 2.92. The lowest BCUT2D eigenvalue weighted by Gasteiger charge is -2.62. The molecule has 32 heavy (non-hydrogen) atoms. The molecule has 0 aliphatic heterocycles. The number of methoxy groups -OCH3 is 1. The maximum absolute atomic E-state index is 13.6. The quantitative estimate of drug-likeness (QED) is 0.519. The predicted molar refractivity (Wildman–Crippen MR) is 128 cm³/mol. The summed E-state index contributed by atoms with van der Waals surface area (Å²) >= 11 is 6.21. The molecule has 4 saturated carbocycles. The normalized spacial score (nSPS) is 45.6. The zero-order valence-corrected chi connectivity index (χ0v) is 20.7. The summed E-state index contributed by atoms with van der Waals surface area (Å²) in [7, 11) is 1.85. The topological polar surface area (TPSA) is 46.5 Å². The molecule has 0 radical (unpaired) electrons. The number of ether oxygens (including phenoxy) is 1. The maximum atomic E-state index is 13.6. The molecule has 0 bridgehead atoms. The molecule has 8 atom stereocenters. The van der Waals surface area contributed by atoms with Gasteiger partial charge in [-0.15, -0.1) is 0 Å². The highest BCUT2D eigenvalue weighted by Crippen LogP contribution is 2.68. The smallest absolute Gasteiger partial charge is 0.166 e. The minimum Gasteiger partial charge on any atom is -0.390 e. The van der Waals surface area contributed by atoms with Crippen molar-refractivity contribution in [2.75, 3.05) is 13.7 Å². The van der Waals surface area contributed by atoms with E-state index in [0.717, 1.165) is 44.3 Å². The molecule has 0 saturated heterocycles. The minimum absolute atomic E-state index is 0.0851. The number of hydrogen-bond donors (Lipinski definition) is 1. The van der Waals surface area contributed by atoms with Gasteiger partial charge in [0, 0.05) is 23.6 Å². The second-order valence-corrected chi connectivity index (χ2v) is 12.5. The summed E-state index contributed by atoms with van der Waals surface area (Å²) in [4.78, 5) is 13.6. The third-order valence-electron chi connectivity index (χ3n) is 10.5. The van der Waals surface area contributed by atoms with Crippen molar-refractivity contribution < 1.29 is 14.6 Å². The third-order valence-corrected chi connectivity index (χ3v) is 10.7. The van der Waals surface area contributed by atoms with Gasteiger partial charge in [-0.2, -0.15) is 0 Å². The van der Waals surface area contributed by atoms with E-state index >= 15 is 0 Å². The van der Waals surface area contributed by atoms with Crippen molar-refractivity contribution in [2.24, 2.45) is 40.4 Å². The van der Waals surface area contributed by atoms with E-state index in [1.165, 1.54) is 25.7 Å². The number of carbonyl (C=O) groups is 1. The average molecular weight is 459 g/mol. The lowest BCUT2D eigenvalue weighted by molar-refractivity contribution is -0.173. The monoisotopic (exact) mass is 458 g/mol. The Hall–Kier alpha value is -0.900. The Labute approximate surface area is 198 Å². The Bertz CT molecular complexity index is 881. The summed E-state index contributed by atoms with van der Waals surface area (Å²) in [6, 6.07) is 7.52. The second kappa shape index (κ2) is 8.10. The molecule has 0 spiro atoms. The summed E-state index contributed by atoms with van der Waals surface area (Å²) in [6.45, 7) is 5.26. The number of Topliss-reactive ketones (excluding diaryl/α,β-unsaturated/α-hetero) is 1. The lowest BCUT2D eigenvalue weighted by atomic mass is 9.43.